The monoisotopic (exact) mass is 292 g/mol. The number of rotatable bonds is 6. The third kappa shape index (κ3) is 3.98. The van der Waals surface area contributed by atoms with Crippen molar-refractivity contribution in [2.45, 2.75) is 4.90 Å². The molecule has 0 spiro atoms. The van der Waals surface area contributed by atoms with Crippen LogP contribution in [-0.2, 0) is 19.7 Å². The molecule has 1 aromatic carbocycles. The van der Waals surface area contributed by atoms with Gasteiger partial charge in [0.05, 0.1) is 5.56 Å². The second-order valence-corrected chi connectivity index (χ2v) is 4.91. The van der Waals surface area contributed by atoms with Gasteiger partial charge in [-0.1, -0.05) is 4.89 Å². The zero-order chi connectivity index (χ0) is 14.6. The van der Waals surface area contributed by atoms with Gasteiger partial charge in [0.2, 0.25) is 5.91 Å². The first-order chi connectivity index (χ1) is 8.74. The first-order valence-corrected chi connectivity index (χ1v) is 6.17. The maximum Gasteiger partial charge on any atom is 0.335 e. The minimum Gasteiger partial charge on any atom is -0.478 e. The van der Waals surface area contributed by atoms with E-state index in [1.807, 2.05) is 0 Å². The fourth-order valence-corrected chi connectivity index (χ4v) is 1.98. The molecule has 1 aromatic rings. The van der Waals surface area contributed by atoms with E-state index in [1.165, 1.54) is 4.89 Å². The van der Waals surface area contributed by atoms with Crippen LogP contribution in [0.1, 0.15) is 10.4 Å². The Labute approximate surface area is 107 Å². The lowest BCUT2D eigenvalue weighted by atomic mass is 10.2. The number of hydrogen-bond donors (Lipinski definition) is 3. The van der Waals surface area contributed by atoms with Crippen molar-refractivity contribution in [2.24, 2.45) is 5.73 Å². The molecule has 1 amide bonds. The maximum atomic E-state index is 13.4. The molecule has 4 N–H and O–H groups in total. The average Bonchev–Trinajstić information content (AvgIpc) is 2.28. The summed E-state index contributed by atoms with van der Waals surface area (Å²) >= 11 is 0. The summed E-state index contributed by atoms with van der Waals surface area (Å²) in [6.45, 7) is -0.751. The van der Waals surface area contributed by atoms with Crippen LogP contribution in [0.3, 0.4) is 0 Å². The van der Waals surface area contributed by atoms with Crippen LogP contribution in [0.5, 0.6) is 0 Å². The van der Waals surface area contributed by atoms with Crippen LogP contribution in [0.2, 0.25) is 0 Å². The zero-order valence-corrected chi connectivity index (χ0v) is 10.1. The van der Waals surface area contributed by atoms with E-state index in [1.54, 1.807) is 0 Å². The molecule has 0 bridgehead atoms. The summed E-state index contributed by atoms with van der Waals surface area (Å²) < 4.78 is 36.5. The summed E-state index contributed by atoms with van der Waals surface area (Å²) in [4.78, 5) is 25.8. The number of benzene rings is 1. The van der Waals surface area contributed by atoms with Gasteiger partial charge in [-0.05, 0) is 18.2 Å². The lowest BCUT2D eigenvalue weighted by molar-refractivity contribution is -0.123. The Bertz CT molecular complexity index is 615. The molecular formula is C9H9FN2O6S. The van der Waals surface area contributed by atoms with Crippen molar-refractivity contribution >= 4 is 21.9 Å². The van der Waals surface area contributed by atoms with Crippen LogP contribution in [0, 0.1) is 5.82 Å². The quantitative estimate of drug-likeness (QED) is 0.588. The highest BCUT2D eigenvalue weighted by molar-refractivity contribution is 7.89. The van der Waals surface area contributed by atoms with Crippen LogP contribution in [0.4, 0.5) is 4.39 Å². The van der Waals surface area contributed by atoms with E-state index in [9.17, 15) is 22.4 Å². The highest BCUT2D eigenvalue weighted by Gasteiger charge is 2.21. The third-order valence-electron chi connectivity index (χ3n) is 1.85. The van der Waals surface area contributed by atoms with E-state index in [4.69, 9.17) is 10.8 Å². The van der Waals surface area contributed by atoms with Gasteiger partial charge in [0, 0.05) is 0 Å². The molecule has 19 heavy (non-hydrogen) atoms. The largest absolute Gasteiger partial charge is 0.478 e. The lowest BCUT2D eigenvalue weighted by Gasteiger charge is -2.07. The summed E-state index contributed by atoms with van der Waals surface area (Å²) in [6.07, 6.45) is 0. The highest BCUT2D eigenvalue weighted by atomic mass is 32.2. The predicted molar refractivity (Wildman–Crippen MR) is 58.8 cm³/mol. The summed E-state index contributed by atoms with van der Waals surface area (Å²) in [7, 11) is -4.46. The van der Waals surface area contributed by atoms with Crippen molar-refractivity contribution in [2.75, 3.05) is 6.61 Å². The second kappa shape index (κ2) is 5.73. The predicted octanol–water partition coefficient (Wildman–Crippen LogP) is -0.781. The van der Waals surface area contributed by atoms with E-state index >= 15 is 0 Å². The lowest BCUT2D eigenvalue weighted by Crippen LogP contribution is -2.30. The number of carboxylic acids is 1. The van der Waals surface area contributed by atoms with E-state index in [0.29, 0.717) is 12.1 Å². The number of nitrogens with one attached hydrogen (secondary N) is 1. The van der Waals surface area contributed by atoms with Crippen LogP contribution in [-0.4, -0.2) is 32.0 Å². The normalized spacial score (nSPS) is 11.2. The number of amides is 1. The van der Waals surface area contributed by atoms with Crippen molar-refractivity contribution in [1.82, 2.24) is 4.89 Å². The summed E-state index contributed by atoms with van der Waals surface area (Å²) in [5, 5.41) is 8.68. The zero-order valence-electron chi connectivity index (χ0n) is 9.29. The number of carboxylic acid groups (broad SMARTS) is 1. The molecule has 0 fully saturated rings. The third-order valence-corrected chi connectivity index (χ3v) is 3.08. The molecule has 0 aliphatic rings. The molecule has 0 heterocycles. The fraction of sp³-hybridized carbons (Fsp3) is 0.111. The van der Waals surface area contributed by atoms with E-state index in [2.05, 4.69) is 4.84 Å². The maximum absolute atomic E-state index is 13.4. The van der Waals surface area contributed by atoms with Crippen molar-refractivity contribution in [3.05, 3.63) is 29.6 Å². The van der Waals surface area contributed by atoms with Crippen LogP contribution in [0.25, 0.3) is 0 Å². The van der Waals surface area contributed by atoms with Gasteiger partial charge >= 0.3 is 5.97 Å². The molecule has 8 nitrogen and oxygen atoms in total. The molecule has 0 saturated heterocycles. The molecular weight excluding hydrogens is 283 g/mol. The minimum absolute atomic E-state index is 0.420. The van der Waals surface area contributed by atoms with Gasteiger partial charge in [-0.3, -0.25) is 9.63 Å². The molecule has 104 valence electrons. The number of aromatic carboxylic acids is 1. The number of primary amides is 1. The Morgan fingerprint density at radius 3 is 2.58 bits per heavy atom. The molecule has 1 rings (SSSR count). The topological polar surface area (TPSA) is 136 Å². The second-order valence-electron chi connectivity index (χ2n) is 3.29. The van der Waals surface area contributed by atoms with Crippen molar-refractivity contribution in [3.63, 3.8) is 0 Å². The standard InChI is InChI=1S/C9H9FN2O6S/c10-6-2-1-5(9(14)15)3-7(6)19(16,17)12-18-4-8(11)13/h1-3,12H,4H2,(H2,11,13)(H,14,15). The molecule has 0 atom stereocenters. The van der Waals surface area contributed by atoms with E-state index in [-0.39, 0.29) is 0 Å². The molecule has 0 aliphatic heterocycles. The Kier molecular flexibility index (Phi) is 4.53. The molecule has 0 aromatic heterocycles. The summed E-state index contributed by atoms with van der Waals surface area (Å²) in [6, 6.07) is 2.21. The number of sulfonamides is 1. The van der Waals surface area contributed by atoms with Gasteiger partial charge < -0.3 is 10.8 Å². The fourth-order valence-electron chi connectivity index (χ4n) is 1.07. The highest BCUT2D eigenvalue weighted by Crippen LogP contribution is 2.16. The van der Waals surface area contributed by atoms with Gasteiger partial charge in [0.15, 0.2) is 0 Å². The van der Waals surface area contributed by atoms with Crippen LogP contribution < -0.4 is 10.6 Å². The number of halogens is 1. The average molecular weight is 292 g/mol. The van der Waals surface area contributed by atoms with Gasteiger partial charge in [0.25, 0.3) is 10.0 Å². The van der Waals surface area contributed by atoms with Gasteiger partial charge in [-0.25, -0.2) is 17.6 Å². The van der Waals surface area contributed by atoms with Crippen molar-refractivity contribution in [3.8, 4) is 0 Å². The first kappa shape index (κ1) is 15.0. The molecule has 0 saturated carbocycles. The van der Waals surface area contributed by atoms with Gasteiger partial charge in [0.1, 0.15) is 17.3 Å². The summed E-state index contributed by atoms with van der Waals surface area (Å²) in [5.41, 5.74) is 4.28. The Morgan fingerprint density at radius 1 is 1.42 bits per heavy atom. The van der Waals surface area contributed by atoms with Gasteiger partial charge in [-0.2, -0.15) is 0 Å². The van der Waals surface area contributed by atoms with Crippen molar-refractivity contribution < 1.29 is 32.3 Å². The molecule has 0 aliphatic carbocycles. The van der Waals surface area contributed by atoms with Gasteiger partial charge in [-0.15, -0.1) is 0 Å². The van der Waals surface area contributed by atoms with E-state index < -0.39 is 44.8 Å². The smallest absolute Gasteiger partial charge is 0.335 e. The SMILES string of the molecule is NC(=O)CONS(=O)(=O)c1cc(C(=O)O)ccc1F. The number of carbonyl (C=O) groups is 2. The Hall–Kier alpha value is -2.04. The van der Waals surface area contributed by atoms with Crippen LogP contribution >= 0.6 is 0 Å². The number of hydrogen-bond acceptors (Lipinski definition) is 5. The molecule has 0 unspecified atom stereocenters. The Balaban J connectivity index is 3.03. The van der Waals surface area contributed by atoms with Crippen molar-refractivity contribution in [1.29, 1.82) is 0 Å². The number of carbonyl (C=O) groups excluding carboxylic acids is 1. The van der Waals surface area contributed by atoms with E-state index in [0.717, 1.165) is 6.07 Å². The molecule has 10 heteroatoms. The first-order valence-electron chi connectivity index (χ1n) is 4.69. The minimum atomic E-state index is -4.46. The summed E-state index contributed by atoms with van der Waals surface area (Å²) in [5.74, 6) is -3.53. The van der Waals surface area contributed by atoms with Crippen LogP contribution in [0.15, 0.2) is 23.1 Å². The molecule has 0 radical (unpaired) electrons. The Morgan fingerprint density at radius 2 is 2.05 bits per heavy atom. The number of nitrogens with two attached hydrogens (primary N) is 1.